The molecule has 0 radical (unpaired) electrons. The van der Waals surface area contributed by atoms with Crippen molar-refractivity contribution in [3.8, 4) is 5.75 Å². The van der Waals surface area contributed by atoms with E-state index < -0.39 is 17.8 Å². The van der Waals surface area contributed by atoms with Gasteiger partial charge in [0.1, 0.15) is 23.2 Å². The lowest BCUT2D eigenvalue weighted by Gasteiger charge is -2.32. The Bertz CT molecular complexity index is 1210. The highest BCUT2D eigenvalue weighted by atomic mass is 19.4. The monoisotopic (exact) mass is 484 g/mol. The number of ether oxygens (including phenoxy) is 1. The number of nitrogens with zero attached hydrogens (tertiary/aromatic N) is 3. The first kappa shape index (κ1) is 24.2. The summed E-state index contributed by atoms with van der Waals surface area (Å²) in [4.78, 5) is 34.2. The maximum atomic E-state index is 12.9. The smallest absolute Gasteiger partial charge is 0.433 e. The lowest BCUT2D eigenvalue weighted by atomic mass is 10.1. The summed E-state index contributed by atoms with van der Waals surface area (Å²) in [7, 11) is 0. The number of benzene rings is 1. The highest BCUT2D eigenvalue weighted by Gasteiger charge is 2.33. The Kier molecular flexibility index (Phi) is 6.99. The first-order chi connectivity index (χ1) is 16.7. The molecule has 3 aromatic rings. The number of hydrogen-bond donors (Lipinski definition) is 1. The molecule has 0 atom stereocenters. The van der Waals surface area contributed by atoms with Gasteiger partial charge in [0.2, 0.25) is 0 Å². The van der Waals surface area contributed by atoms with Gasteiger partial charge in [-0.2, -0.15) is 13.2 Å². The molecule has 1 fully saturated rings. The van der Waals surface area contributed by atoms with Crippen LogP contribution in [0.3, 0.4) is 0 Å². The summed E-state index contributed by atoms with van der Waals surface area (Å²) in [5.41, 5.74) is 0.287. The second kappa shape index (κ2) is 10.1. The topological polar surface area (TPSA) is 84.4 Å². The van der Waals surface area contributed by atoms with Gasteiger partial charge in [-0.25, -0.2) is 4.98 Å². The van der Waals surface area contributed by atoms with E-state index in [9.17, 15) is 22.8 Å². The number of pyridine rings is 2. The molecule has 1 N–H and O–H groups in total. The number of aromatic nitrogens is 2. The molecule has 1 saturated heterocycles. The summed E-state index contributed by atoms with van der Waals surface area (Å²) in [5.74, 6) is -0.273. The Morgan fingerprint density at radius 3 is 2.54 bits per heavy atom. The third kappa shape index (κ3) is 5.95. The molecule has 0 bridgehead atoms. The van der Waals surface area contributed by atoms with E-state index in [1.165, 1.54) is 6.07 Å². The Morgan fingerprint density at radius 2 is 1.86 bits per heavy atom. The van der Waals surface area contributed by atoms with Crippen molar-refractivity contribution < 1.29 is 27.5 Å². The van der Waals surface area contributed by atoms with Gasteiger partial charge in [-0.1, -0.05) is 12.1 Å². The SMILES string of the molecule is Cc1ccc(NC(=O)c2cccc(C(F)(F)F)n2)cc1OC1CCN(C(=O)c2cccnc2)CC1. The number of aryl methyl sites for hydroxylation is 1. The molecule has 7 nitrogen and oxygen atoms in total. The summed E-state index contributed by atoms with van der Waals surface area (Å²) >= 11 is 0. The molecular formula is C25H23F3N4O3. The van der Waals surface area contributed by atoms with Crippen molar-refractivity contribution in [3.05, 3.63) is 83.4 Å². The highest BCUT2D eigenvalue weighted by Crippen LogP contribution is 2.29. The van der Waals surface area contributed by atoms with Crippen LogP contribution < -0.4 is 10.1 Å². The molecule has 1 aliphatic rings. The summed E-state index contributed by atoms with van der Waals surface area (Å²) in [6.07, 6.45) is -0.330. The second-order valence-electron chi connectivity index (χ2n) is 8.19. The molecule has 10 heteroatoms. The quantitative estimate of drug-likeness (QED) is 0.566. The summed E-state index contributed by atoms with van der Waals surface area (Å²) in [6.45, 7) is 2.93. The molecule has 35 heavy (non-hydrogen) atoms. The van der Waals surface area contributed by atoms with E-state index >= 15 is 0 Å². The third-order valence-corrected chi connectivity index (χ3v) is 5.65. The van der Waals surface area contributed by atoms with E-state index in [1.54, 1.807) is 47.6 Å². The van der Waals surface area contributed by atoms with E-state index in [-0.39, 0.29) is 17.7 Å². The number of amides is 2. The standard InChI is InChI=1S/C25H23F3N4O3/c1-16-7-8-18(30-23(33)20-5-2-6-22(31-20)25(26,27)28)14-21(16)35-19-9-12-32(13-10-19)24(34)17-4-3-11-29-15-17/h2-8,11,14-15,19H,9-10,12-13H2,1H3,(H,30,33). The number of carbonyl (C=O) groups is 2. The molecule has 2 aromatic heterocycles. The van der Waals surface area contributed by atoms with Gasteiger partial charge in [0.05, 0.1) is 5.56 Å². The van der Waals surface area contributed by atoms with Crippen molar-refractivity contribution in [2.24, 2.45) is 0 Å². The van der Waals surface area contributed by atoms with Gasteiger partial charge in [0, 0.05) is 50.1 Å². The highest BCUT2D eigenvalue weighted by molar-refractivity contribution is 6.03. The number of nitrogens with one attached hydrogen (secondary N) is 1. The molecule has 2 amide bonds. The molecule has 1 aromatic carbocycles. The van der Waals surface area contributed by atoms with E-state index in [0.29, 0.717) is 42.9 Å². The van der Waals surface area contributed by atoms with Crippen LogP contribution in [0.4, 0.5) is 18.9 Å². The number of anilines is 1. The van der Waals surface area contributed by atoms with Crippen molar-refractivity contribution in [1.29, 1.82) is 0 Å². The minimum absolute atomic E-state index is 0.0688. The normalized spacial score (nSPS) is 14.5. The lowest BCUT2D eigenvalue weighted by molar-refractivity contribution is -0.141. The van der Waals surface area contributed by atoms with E-state index in [4.69, 9.17) is 4.74 Å². The predicted octanol–water partition coefficient (Wildman–Crippen LogP) is 4.74. The largest absolute Gasteiger partial charge is 0.490 e. The second-order valence-corrected chi connectivity index (χ2v) is 8.19. The fourth-order valence-corrected chi connectivity index (χ4v) is 3.75. The molecule has 0 aliphatic carbocycles. The maximum Gasteiger partial charge on any atom is 0.433 e. The number of likely N-dealkylation sites (tertiary alicyclic amines) is 1. The van der Waals surface area contributed by atoms with Crippen LogP contribution >= 0.6 is 0 Å². The zero-order valence-electron chi connectivity index (χ0n) is 18.9. The van der Waals surface area contributed by atoms with Crippen LogP contribution in [0.1, 0.15) is 44.9 Å². The van der Waals surface area contributed by atoms with Crippen LogP contribution in [0.5, 0.6) is 5.75 Å². The van der Waals surface area contributed by atoms with Gasteiger partial charge in [-0.05, 0) is 42.8 Å². The van der Waals surface area contributed by atoms with Crippen molar-refractivity contribution >= 4 is 17.5 Å². The third-order valence-electron chi connectivity index (χ3n) is 5.65. The molecule has 182 valence electrons. The number of alkyl halides is 3. The first-order valence-corrected chi connectivity index (χ1v) is 11.0. The molecular weight excluding hydrogens is 461 g/mol. The summed E-state index contributed by atoms with van der Waals surface area (Å²) in [5, 5.41) is 2.57. The van der Waals surface area contributed by atoms with E-state index in [1.807, 2.05) is 6.92 Å². The molecule has 4 rings (SSSR count). The van der Waals surface area contributed by atoms with Crippen LogP contribution in [0.25, 0.3) is 0 Å². The number of piperidine rings is 1. The van der Waals surface area contributed by atoms with E-state index in [2.05, 4.69) is 15.3 Å². The van der Waals surface area contributed by atoms with Gasteiger partial charge in [-0.15, -0.1) is 0 Å². The average Bonchev–Trinajstić information content (AvgIpc) is 2.86. The Labute approximate surface area is 200 Å². The molecule has 0 unspecified atom stereocenters. The Morgan fingerprint density at radius 1 is 1.09 bits per heavy atom. The first-order valence-electron chi connectivity index (χ1n) is 11.0. The van der Waals surface area contributed by atoms with Gasteiger partial charge >= 0.3 is 6.18 Å². The molecule has 3 heterocycles. The molecule has 1 aliphatic heterocycles. The van der Waals surface area contributed by atoms with Crippen LogP contribution in [0.2, 0.25) is 0 Å². The van der Waals surface area contributed by atoms with Crippen molar-refractivity contribution in [3.63, 3.8) is 0 Å². The molecule has 0 spiro atoms. The van der Waals surface area contributed by atoms with Crippen LogP contribution in [0, 0.1) is 6.92 Å². The predicted molar refractivity (Wildman–Crippen MR) is 122 cm³/mol. The van der Waals surface area contributed by atoms with E-state index in [0.717, 1.165) is 17.7 Å². The number of rotatable bonds is 5. The Balaban J connectivity index is 1.38. The summed E-state index contributed by atoms with van der Waals surface area (Å²) in [6, 6.07) is 11.7. The number of halogens is 3. The number of carbonyl (C=O) groups excluding carboxylic acids is 2. The average molecular weight is 484 g/mol. The lowest BCUT2D eigenvalue weighted by Crippen LogP contribution is -2.41. The summed E-state index contributed by atoms with van der Waals surface area (Å²) < 4.78 is 44.8. The van der Waals surface area contributed by atoms with Crippen LogP contribution in [-0.2, 0) is 6.18 Å². The van der Waals surface area contributed by atoms with Crippen molar-refractivity contribution in [1.82, 2.24) is 14.9 Å². The fraction of sp³-hybridized carbons (Fsp3) is 0.280. The molecule has 0 saturated carbocycles. The van der Waals surface area contributed by atoms with Crippen molar-refractivity contribution in [2.75, 3.05) is 18.4 Å². The maximum absolute atomic E-state index is 12.9. The fourth-order valence-electron chi connectivity index (χ4n) is 3.75. The zero-order valence-corrected chi connectivity index (χ0v) is 18.9. The zero-order chi connectivity index (χ0) is 25.0. The van der Waals surface area contributed by atoms with Gasteiger partial charge in [-0.3, -0.25) is 14.6 Å². The van der Waals surface area contributed by atoms with Gasteiger partial charge < -0.3 is 15.0 Å². The number of hydrogen-bond acceptors (Lipinski definition) is 5. The van der Waals surface area contributed by atoms with Crippen LogP contribution in [-0.4, -0.2) is 45.9 Å². The Hall–Kier alpha value is -3.95. The minimum atomic E-state index is -4.64. The minimum Gasteiger partial charge on any atom is -0.490 e. The van der Waals surface area contributed by atoms with Gasteiger partial charge in [0.15, 0.2) is 0 Å². The van der Waals surface area contributed by atoms with Crippen molar-refractivity contribution in [2.45, 2.75) is 32.0 Å². The van der Waals surface area contributed by atoms with Gasteiger partial charge in [0.25, 0.3) is 11.8 Å². The van der Waals surface area contributed by atoms with Crippen LogP contribution in [0.15, 0.2) is 60.9 Å².